The van der Waals surface area contributed by atoms with Gasteiger partial charge in [0.05, 0.1) is 18.2 Å². The standard InChI is InChI=1S/C25H26FN5O/c1-16-28-23(14-24(29-16)31(2)3)22(13-18-15-27-21-10-5-4-9-20(18)21)30-25(32)12-17-7-6-8-19(26)11-17/h4-11,14-15,22,27H,12-13H2,1-3H3,(H,30,32)/t22-/m1/s1. The highest BCUT2D eigenvalue weighted by molar-refractivity contribution is 5.83. The van der Waals surface area contributed by atoms with Gasteiger partial charge in [0, 0.05) is 43.7 Å². The fourth-order valence-corrected chi connectivity index (χ4v) is 3.81. The minimum absolute atomic E-state index is 0.0900. The Hall–Kier alpha value is -3.74. The van der Waals surface area contributed by atoms with E-state index in [1.807, 2.05) is 56.4 Å². The van der Waals surface area contributed by atoms with Crippen LogP contribution in [0.3, 0.4) is 0 Å². The number of carbonyl (C=O) groups excluding carboxylic acids is 1. The normalized spacial score (nSPS) is 12.0. The van der Waals surface area contributed by atoms with E-state index in [0.29, 0.717) is 17.8 Å². The first kappa shape index (κ1) is 21.5. The lowest BCUT2D eigenvalue weighted by molar-refractivity contribution is -0.121. The molecule has 0 aliphatic carbocycles. The zero-order valence-corrected chi connectivity index (χ0v) is 18.4. The quantitative estimate of drug-likeness (QED) is 0.462. The van der Waals surface area contributed by atoms with Crippen molar-refractivity contribution in [2.45, 2.75) is 25.8 Å². The fraction of sp³-hybridized carbons (Fsp3) is 0.240. The number of carbonyl (C=O) groups is 1. The van der Waals surface area contributed by atoms with Gasteiger partial charge in [-0.25, -0.2) is 14.4 Å². The number of benzene rings is 2. The molecule has 0 aliphatic rings. The van der Waals surface area contributed by atoms with Crippen LogP contribution in [0, 0.1) is 12.7 Å². The number of nitrogens with zero attached hydrogens (tertiary/aromatic N) is 3. The topological polar surface area (TPSA) is 73.9 Å². The summed E-state index contributed by atoms with van der Waals surface area (Å²) in [5.41, 5.74) is 3.49. The maximum Gasteiger partial charge on any atom is 0.224 e. The predicted molar refractivity (Wildman–Crippen MR) is 124 cm³/mol. The number of para-hydroxylation sites is 1. The van der Waals surface area contributed by atoms with E-state index >= 15 is 0 Å². The molecule has 0 spiro atoms. The van der Waals surface area contributed by atoms with Gasteiger partial charge in [0.15, 0.2) is 0 Å². The van der Waals surface area contributed by atoms with Gasteiger partial charge in [0.1, 0.15) is 17.5 Å². The van der Waals surface area contributed by atoms with Crippen molar-refractivity contribution in [2.24, 2.45) is 0 Å². The van der Waals surface area contributed by atoms with Crippen molar-refractivity contribution in [3.8, 4) is 0 Å². The summed E-state index contributed by atoms with van der Waals surface area (Å²) in [6.45, 7) is 1.84. The van der Waals surface area contributed by atoms with Gasteiger partial charge in [-0.2, -0.15) is 0 Å². The minimum Gasteiger partial charge on any atom is -0.363 e. The second-order valence-corrected chi connectivity index (χ2v) is 8.08. The molecular formula is C25H26FN5O. The van der Waals surface area contributed by atoms with E-state index in [1.165, 1.54) is 12.1 Å². The lowest BCUT2D eigenvalue weighted by Gasteiger charge is -2.21. The van der Waals surface area contributed by atoms with Gasteiger partial charge in [0.25, 0.3) is 0 Å². The van der Waals surface area contributed by atoms with Crippen molar-refractivity contribution in [3.63, 3.8) is 0 Å². The van der Waals surface area contributed by atoms with Crippen molar-refractivity contribution < 1.29 is 9.18 Å². The summed E-state index contributed by atoms with van der Waals surface area (Å²) in [5, 5.41) is 4.22. The Morgan fingerprint density at radius 2 is 1.94 bits per heavy atom. The molecular weight excluding hydrogens is 405 g/mol. The van der Waals surface area contributed by atoms with Crippen LogP contribution in [0.5, 0.6) is 0 Å². The Morgan fingerprint density at radius 1 is 1.12 bits per heavy atom. The van der Waals surface area contributed by atoms with Gasteiger partial charge < -0.3 is 15.2 Å². The number of aromatic nitrogens is 3. The van der Waals surface area contributed by atoms with Gasteiger partial charge in [-0.15, -0.1) is 0 Å². The zero-order valence-electron chi connectivity index (χ0n) is 18.4. The van der Waals surface area contributed by atoms with Crippen molar-refractivity contribution >= 4 is 22.6 Å². The molecule has 0 fully saturated rings. The first-order valence-electron chi connectivity index (χ1n) is 10.5. The number of hydrogen-bond donors (Lipinski definition) is 2. The number of amides is 1. The molecule has 6 nitrogen and oxygen atoms in total. The average Bonchev–Trinajstić information content (AvgIpc) is 3.16. The molecule has 0 aliphatic heterocycles. The van der Waals surface area contributed by atoms with Crippen LogP contribution in [-0.2, 0) is 17.6 Å². The van der Waals surface area contributed by atoms with Crippen LogP contribution >= 0.6 is 0 Å². The minimum atomic E-state index is -0.365. The van der Waals surface area contributed by atoms with E-state index in [2.05, 4.69) is 26.3 Å². The second kappa shape index (κ2) is 9.18. The Balaban J connectivity index is 1.65. The van der Waals surface area contributed by atoms with E-state index < -0.39 is 0 Å². The second-order valence-electron chi connectivity index (χ2n) is 8.08. The van der Waals surface area contributed by atoms with Crippen LogP contribution < -0.4 is 10.2 Å². The molecule has 2 heterocycles. The Labute approximate surface area is 186 Å². The van der Waals surface area contributed by atoms with Crippen LogP contribution in [0.25, 0.3) is 10.9 Å². The molecule has 4 rings (SSSR count). The zero-order chi connectivity index (χ0) is 22.7. The average molecular weight is 432 g/mol. The summed E-state index contributed by atoms with van der Waals surface area (Å²) in [6.07, 6.45) is 2.62. The lowest BCUT2D eigenvalue weighted by Crippen LogP contribution is -2.32. The number of rotatable bonds is 7. The van der Waals surface area contributed by atoms with Crippen LogP contribution in [-0.4, -0.2) is 35.0 Å². The molecule has 1 amide bonds. The fourth-order valence-electron chi connectivity index (χ4n) is 3.81. The summed E-state index contributed by atoms with van der Waals surface area (Å²) in [4.78, 5) is 27.2. The molecule has 0 unspecified atom stereocenters. The number of H-pyrrole nitrogens is 1. The third kappa shape index (κ3) is 4.94. The van der Waals surface area contributed by atoms with E-state index in [-0.39, 0.29) is 24.2 Å². The Bertz CT molecular complexity index is 1250. The predicted octanol–water partition coefficient (Wildman–Crippen LogP) is 4.11. The van der Waals surface area contributed by atoms with Crippen LogP contribution in [0.15, 0.2) is 60.8 Å². The number of aromatic amines is 1. The van der Waals surface area contributed by atoms with Crippen LogP contribution in [0.4, 0.5) is 10.2 Å². The highest BCUT2D eigenvalue weighted by Gasteiger charge is 2.20. The number of nitrogens with one attached hydrogen (secondary N) is 2. The summed E-state index contributed by atoms with van der Waals surface area (Å²) in [5.74, 6) is 0.862. The van der Waals surface area contributed by atoms with Crippen molar-refractivity contribution in [1.29, 1.82) is 0 Å². The van der Waals surface area contributed by atoms with Gasteiger partial charge >= 0.3 is 0 Å². The number of anilines is 1. The third-order valence-corrected chi connectivity index (χ3v) is 5.35. The van der Waals surface area contributed by atoms with Crippen LogP contribution in [0.2, 0.25) is 0 Å². The monoisotopic (exact) mass is 431 g/mol. The molecule has 164 valence electrons. The van der Waals surface area contributed by atoms with Gasteiger partial charge in [-0.1, -0.05) is 30.3 Å². The smallest absolute Gasteiger partial charge is 0.224 e. The number of fused-ring (bicyclic) bond motifs is 1. The summed E-state index contributed by atoms with van der Waals surface area (Å²) < 4.78 is 13.6. The third-order valence-electron chi connectivity index (χ3n) is 5.35. The van der Waals surface area contributed by atoms with E-state index in [0.717, 1.165) is 28.0 Å². The van der Waals surface area contributed by atoms with E-state index in [1.54, 1.807) is 12.1 Å². The molecule has 7 heteroatoms. The van der Waals surface area contributed by atoms with Gasteiger partial charge in [0.2, 0.25) is 5.91 Å². The number of aryl methyl sites for hydroxylation is 1. The molecule has 0 radical (unpaired) electrons. The molecule has 1 atom stereocenters. The summed E-state index contributed by atoms with van der Waals surface area (Å²) in [6, 6.07) is 15.7. The molecule has 32 heavy (non-hydrogen) atoms. The highest BCUT2D eigenvalue weighted by Crippen LogP contribution is 2.25. The molecule has 0 saturated heterocycles. The highest BCUT2D eigenvalue weighted by atomic mass is 19.1. The SMILES string of the molecule is Cc1nc([C@@H](Cc2c[nH]c3ccccc23)NC(=O)Cc2cccc(F)c2)cc(N(C)C)n1. The van der Waals surface area contributed by atoms with Crippen molar-refractivity contribution in [2.75, 3.05) is 19.0 Å². The molecule has 2 aromatic carbocycles. The van der Waals surface area contributed by atoms with Gasteiger partial charge in [-0.3, -0.25) is 4.79 Å². The van der Waals surface area contributed by atoms with E-state index in [9.17, 15) is 9.18 Å². The Morgan fingerprint density at radius 3 is 2.72 bits per heavy atom. The molecule has 0 bridgehead atoms. The van der Waals surface area contributed by atoms with E-state index in [4.69, 9.17) is 0 Å². The van der Waals surface area contributed by atoms with Crippen LogP contribution in [0.1, 0.15) is 28.7 Å². The van der Waals surface area contributed by atoms with Crippen molar-refractivity contribution in [3.05, 3.63) is 89.3 Å². The summed E-state index contributed by atoms with van der Waals surface area (Å²) in [7, 11) is 3.84. The number of halogens is 1. The first-order chi connectivity index (χ1) is 15.4. The maximum absolute atomic E-state index is 13.6. The first-order valence-corrected chi connectivity index (χ1v) is 10.5. The summed E-state index contributed by atoms with van der Waals surface area (Å²) >= 11 is 0. The Kier molecular flexibility index (Phi) is 6.16. The van der Waals surface area contributed by atoms with Crippen molar-refractivity contribution in [1.82, 2.24) is 20.3 Å². The molecule has 4 aromatic rings. The molecule has 2 N–H and O–H groups in total. The largest absolute Gasteiger partial charge is 0.363 e. The van der Waals surface area contributed by atoms with Gasteiger partial charge in [-0.05, 0) is 36.2 Å². The maximum atomic E-state index is 13.6. The molecule has 0 saturated carbocycles. The lowest BCUT2D eigenvalue weighted by atomic mass is 10.0. The molecule has 2 aromatic heterocycles. The number of hydrogen-bond acceptors (Lipinski definition) is 4.